The SMILES string of the molecule is COC(=O)c1ccc(N2[C@@H]3CC[C@H]2CC(OCc2c(-c4ccccc4OC(F)F)noc2C2CC2)C3)c(F)c1. The van der Waals surface area contributed by atoms with Crippen molar-refractivity contribution in [2.45, 2.75) is 75.8 Å². The number of hydrogen-bond donors (Lipinski definition) is 0. The van der Waals surface area contributed by atoms with E-state index in [2.05, 4.69) is 10.1 Å². The Hall–Kier alpha value is -3.53. The molecule has 2 aliphatic heterocycles. The second kappa shape index (κ2) is 10.6. The minimum atomic E-state index is -2.96. The average Bonchev–Trinajstić information content (AvgIpc) is 3.63. The van der Waals surface area contributed by atoms with Gasteiger partial charge in [0.1, 0.15) is 23.0 Å². The Morgan fingerprint density at radius 1 is 1.10 bits per heavy atom. The van der Waals surface area contributed by atoms with Crippen molar-refractivity contribution in [1.82, 2.24) is 5.16 Å². The number of nitrogens with zero attached hydrogens (tertiary/aromatic N) is 2. The molecule has 3 heterocycles. The van der Waals surface area contributed by atoms with E-state index in [-0.39, 0.29) is 42.0 Å². The summed E-state index contributed by atoms with van der Waals surface area (Å²) in [5.41, 5.74) is 2.33. The summed E-state index contributed by atoms with van der Waals surface area (Å²) in [5.74, 6) is 0.0163. The molecule has 0 spiro atoms. The van der Waals surface area contributed by atoms with Crippen molar-refractivity contribution in [1.29, 1.82) is 0 Å². The second-order valence-electron chi connectivity index (χ2n) is 10.4. The number of halogens is 3. The van der Waals surface area contributed by atoms with Crippen LogP contribution in [0.5, 0.6) is 5.75 Å². The molecule has 39 heavy (non-hydrogen) atoms. The van der Waals surface area contributed by atoms with Crippen LogP contribution in [-0.2, 0) is 16.1 Å². The molecule has 2 bridgehead atoms. The minimum Gasteiger partial charge on any atom is -0.465 e. The number of carbonyl (C=O) groups is 1. The van der Waals surface area contributed by atoms with Crippen molar-refractivity contribution in [3.05, 3.63) is 65.2 Å². The molecule has 1 aromatic heterocycles. The maximum Gasteiger partial charge on any atom is 0.387 e. The Morgan fingerprint density at radius 2 is 1.85 bits per heavy atom. The zero-order chi connectivity index (χ0) is 27.1. The Balaban J connectivity index is 1.19. The van der Waals surface area contributed by atoms with E-state index in [0.29, 0.717) is 16.9 Å². The number of hydrogen-bond acceptors (Lipinski definition) is 7. The molecule has 1 saturated carbocycles. The van der Waals surface area contributed by atoms with Crippen molar-refractivity contribution in [3.63, 3.8) is 0 Å². The maximum absolute atomic E-state index is 15.0. The first-order chi connectivity index (χ1) is 18.9. The summed E-state index contributed by atoms with van der Waals surface area (Å²) >= 11 is 0. The summed E-state index contributed by atoms with van der Waals surface area (Å²) < 4.78 is 62.7. The van der Waals surface area contributed by atoms with Gasteiger partial charge in [0.2, 0.25) is 0 Å². The molecule has 0 amide bonds. The summed E-state index contributed by atoms with van der Waals surface area (Å²) in [6, 6.07) is 11.2. The normalized spacial score (nSPS) is 22.4. The van der Waals surface area contributed by atoms with Crippen LogP contribution in [-0.4, -0.2) is 43.0 Å². The number of benzene rings is 2. The molecule has 3 aromatic rings. The first kappa shape index (κ1) is 25.7. The fourth-order valence-electron chi connectivity index (χ4n) is 6.02. The van der Waals surface area contributed by atoms with Crippen LogP contribution in [0.2, 0.25) is 0 Å². The van der Waals surface area contributed by atoms with Crippen LogP contribution < -0.4 is 9.64 Å². The van der Waals surface area contributed by atoms with E-state index < -0.39 is 18.4 Å². The van der Waals surface area contributed by atoms with Gasteiger partial charge in [0, 0.05) is 29.1 Å². The third kappa shape index (κ3) is 5.09. The van der Waals surface area contributed by atoms with Crippen molar-refractivity contribution >= 4 is 11.7 Å². The van der Waals surface area contributed by atoms with Crippen LogP contribution in [0.3, 0.4) is 0 Å². The number of rotatable bonds is 9. The van der Waals surface area contributed by atoms with Gasteiger partial charge in [-0.05, 0) is 68.9 Å². The van der Waals surface area contributed by atoms with Gasteiger partial charge in [0.15, 0.2) is 0 Å². The Bertz CT molecular complexity index is 1340. The molecular weight excluding hydrogens is 513 g/mol. The van der Waals surface area contributed by atoms with Crippen molar-refractivity contribution in [2.75, 3.05) is 12.0 Å². The number of esters is 1. The van der Waals surface area contributed by atoms with E-state index >= 15 is 4.39 Å². The van der Waals surface area contributed by atoms with Crippen LogP contribution in [0.15, 0.2) is 47.0 Å². The Kier molecular flexibility index (Phi) is 6.97. The van der Waals surface area contributed by atoms with Crippen LogP contribution in [0.1, 0.15) is 66.1 Å². The predicted octanol–water partition coefficient (Wildman–Crippen LogP) is 6.46. The summed E-state index contributed by atoms with van der Waals surface area (Å²) in [5, 5.41) is 4.25. The molecule has 206 valence electrons. The number of para-hydroxylation sites is 1. The van der Waals surface area contributed by atoms with Gasteiger partial charge in [-0.25, -0.2) is 9.18 Å². The molecule has 3 aliphatic rings. The van der Waals surface area contributed by atoms with Gasteiger partial charge < -0.3 is 23.6 Å². The predicted molar refractivity (Wildman–Crippen MR) is 135 cm³/mol. The van der Waals surface area contributed by atoms with E-state index in [1.54, 1.807) is 30.3 Å². The van der Waals surface area contributed by atoms with Crippen LogP contribution in [0.25, 0.3) is 11.3 Å². The first-order valence-electron chi connectivity index (χ1n) is 13.2. The summed E-state index contributed by atoms with van der Waals surface area (Å²) in [7, 11) is 1.27. The number of ether oxygens (including phenoxy) is 3. The van der Waals surface area contributed by atoms with Gasteiger partial charge >= 0.3 is 12.6 Å². The average molecular weight is 543 g/mol. The van der Waals surface area contributed by atoms with E-state index in [1.807, 2.05) is 0 Å². The summed E-state index contributed by atoms with van der Waals surface area (Å²) in [4.78, 5) is 13.9. The van der Waals surface area contributed by atoms with Gasteiger partial charge in [-0.3, -0.25) is 0 Å². The minimum absolute atomic E-state index is 0.0380. The highest BCUT2D eigenvalue weighted by molar-refractivity contribution is 5.89. The molecule has 10 heteroatoms. The number of fused-ring (bicyclic) bond motifs is 2. The van der Waals surface area contributed by atoms with Crippen LogP contribution >= 0.6 is 0 Å². The van der Waals surface area contributed by atoms with Crippen molar-refractivity contribution in [3.8, 4) is 17.0 Å². The molecule has 3 fully saturated rings. The fraction of sp³-hybridized carbons (Fsp3) is 0.448. The second-order valence-corrected chi connectivity index (χ2v) is 10.4. The number of piperidine rings is 1. The highest BCUT2D eigenvalue weighted by Gasteiger charge is 2.42. The topological polar surface area (TPSA) is 74.0 Å². The molecule has 1 aliphatic carbocycles. The fourth-order valence-corrected chi connectivity index (χ4v) is 6.02. The summed E-state index contributed by atoms with van der Waals surface area (Å²) in [6.45, 7) is -2.72. The van der Waals surface area contributed by atoms with Crippen LogP contribution in [0.4, 0.5) is 18.9 Å². The van der Waals surface area contributed by atoms with Gasteiger partial charge in [0.05, 0.1) is 31.1 Å². The largest absolute Gasteiger partial charge is 0.465 e. The van der Waals surface area contributed by atoms with Gasteiger partial charge in [-0.1, -0.05) is 17.3 Å². The molecule has 2 saturated heterocycles. The van der Waals surface area contributed by atoms with E-state index in [4.69, 9.17) is 18.7 Å². The monoisotopic (exact) mass is 542 g/mol. The van der Waals surface area contributed by atoms with Crippen LogP contribution in [0, 0.1) is 5.82 Å². The molecule has 2 aromatic carbocycles. The molecule has 0 N–H and O–H groups in total. The smallest absolute Gasteiger partial charge is 0.387 e. The number of carbonyl (C=O) groups excluding carboxylic acids is 1. The molecular formula is C29H29F3N2O5. The van der Waals surface area contributed by atoms with Gasteiger partial charge in [-0.2, -0.15) is 8.78 Å². The molecule has 0 radical (unpaired) electrons. The van der Waals surface area contributed by atoms with Gasteiger partial charge in [-0.15, -0.1) is 0 Å². The lowest BCUT2D eigenvalue weighted by Gasteiger charge is -2.40. The quantitative estimate of drug-likeness (QED) is 0.287. The zero-order valence-corrected chi connectivity index (χ0v) is 21.4. The van der Waals surface area contributed by atoms with Crippen molar-refractivity contribution in [2.24, 2.45) is 0 Å². The zero-order valence-electron chi connectivity index (χ0n) is 21.4. The molecule has 7 nitrogen and oxygen atoms in total. The molecule has 3 atom stereocenters. The number of aromatic nitrogens is 1. The lowest BCUT2D eigenvalue weighted by molar-refractivity contribution is -0.0494. The first-order valence-corrected chi connectivity index (χ1v) is 13.2. The standard InChI is InChI=1S/C29H29F3N2O5/c1-36-28(35)17-8-11-24(23(30)12-17)34-18-9-10-19(34)14-20(13-18)37-15-22-26(33-39-27(22)16-6-7-16)21-4-2-3-5-25(21)38-29(31)32/h2-5,8,11-12,16,18-20,29H,6-7,9-10,13-15H2,1H3/t18-,19+,20?. The van der Waals surface area contributed by atoms with E-state index in [0.717, 1.165) is 49.8 Å². The molecule has 1 unspecified atom stereocenters. The van der Waals surface area contributed by atoms with E-state index in [1.165, 1.54) is 19.2 Å². The number of methoxy groups -OCH3 is 1. The maximum atomic E-state index is 15.0. The van der Waals surface area contributed by atoms with Gasteiger partial charge in [0.25, 0.3) is 0 Å². The molecule has 6 rings (SSSR count). The lowest BCUT2D eigenvalue weighted by atomic mass is 9.98. The van der Waals surface area contributed by atoms with E-state index in [9.17, 15) is 13.6 Å². The van der Waals surface area contributed by atoms with Crippen molar-refractivity contribution < 1.29 is 36.7 Å². The third-order valence-corrected chi connectivity index (χ3v) is 7.93. The third-order valence-electron chi connectivity index (χ3n) is 7.93. The Morgan fingerprint density at radius 3 is 2.51 bits per heavy atom. The summed E-state index contributed by atoms with van der Waals surface area (Å²) in [6.07, 6.45) is 5.20. The Labute approximate surface area is 223 Å². The highest BCUT2D eigenvalue weighted by Crippen LogP contribution is 2.46. The lowest BCUT2D eigenvalue weighted by Crippen LogP contribution is -2.46. The highest BCUT2D eigenvalue weighted by atomic mass is 19.3. The number of anilines is 1. The number of alkyl halides is 2.